The molecule has 7 nitrogen and oxygen atoms in total. The van der Waals surface area contributed by atoms with Crippen LogP contribution in [0.25, 0.3) is 11.4 Å². The molecular weight excluding hydrogens is 336 g/mol. The zero-order valence-electron chi connectivity index (χ0n) is 14.1. The molecule has 0 atom stereocenters. The minimum Gasteiger partial charge on any atom is -0.338 e. The van der Waals surface area contributed by atoms with Crippen LogP contribution in [0.2, 0.25) is 0 Å². The molecule has 130 valence electrons. The average Bonchev–Trinajstić information content (AvgIpc) is 3.40. The standard InChI is InChI=1S/C17H20N6OS/c1-2-12-7-9-13(10-8-12)16-18-15(24-20-16)11-25-17-19-21-22-23(17)14-5-3-4-6-14/h7-10,14H,2-6,11H2,1H3. The molecule has 8 heteroatoms. The van der Waals surface area contributed by atoms with Gasteiger partial charge in [-0.15, -0.1) is 5.10 Å². The van der Waals surface area contributed by atoms with Gasteiger partial charge in [0.15, 0.2) is 0 Å². The normalized spacial score (nSPS) is 15.1. The van der Waals surface area contributed by atoms with Crippen molar-refractivity contribution < 1.29 is 4.52 Å². The van der Waals surface area contributed by atoms with Gasteiger partial charge in [-0.05, 0) is 35.3 Å². The Bertz CT molecular complexity index is 822. The molecule has 25 heavy (non-hydrogen) atoms. The lowest BCUT2D eigenvalue weighted by atomic mass is 10.1. The van der Waals surface area contributed by atoms with E-state index in [1.807, 2.05) is 16.8 Å². The third-order valence-corrected chi connectivity index (χ3v) is 5.46. The molecule has 2 aromatic heterocycles. The van der Waals surface area contributed by atoms with Crippen LogP contribution in [0.15, 0.2) is 33.9 Å². The first kappa shape index (κ1) is 16.3. The minimum absolute atomic E-state index is 0.424. The monoisotopic (exact) mass is 356 g/mol. The summed E-state index contributed by atoms with van der Waals surface area (Å²) < 4.78 is 7.32. The van der Waals surface area contributed by atoms with E-state index in [9.17, 15) is 0 Å². The fourth-order valence-corrected chi connectivity index (χ4v) is 3.89. The smallest absolute Gasteiger partial charge is 0.237 e. The second-order valence-electron chi connectivity index (χ2n) is 6.20. The Hall–Kier alpha value is -2.22. The van der Waals surface area contributed by atoms with Crippen molar-refractivity contribution in [2.24, 2.45) is 0 Å². The lowest BCUT2D eigenvalue weighted by molar-refractivity contribution is 0.391. The van der Waals surface area contributed by atoms with Crippen LogP contribution < -0.4 is 0 Å². The fraction of sp³-hybridized carbons (Fsp3) is 0.471. The molecule has 0 bridgehead atoms. The molecule has 1 fully saturated rings. The Morgan fingerprint density at radius 3 is 2.76 bits per heavy atom. The number of thioether (sulfide) groups is 1. The van der Waals surface area contributed by atoms with Crippen LogP contribution in [0.3, 0.4) is 0 Å². The predicted octanol–water partition coefficient (Wildman–Crippen LogP) is 3.69. The minimum atomic E-state index is 0.424. The van der Waals surface area contributed by atoms with Crippen LogP contribution in [-0.4, -0.2) is 30.3 Å². The van der Waals surface area contributed by atoms with Gasteiger partial charge >= 0.3 is 0 Å². The molecule has 0 N–H and O–H groups in total. The maximum Gasteiger partial charge on any atom is 0.237 e. The number of aryl methyl sites for hydroxylation is 1. The van der Waals surface area contributed by atoms with Crippen LogP contribution in [-0.2, 0) is 12.2 Å². The number of hydrogen-bond donors (Lipinski definition) is 0. The lowest BCUT2D eigenvalue weighted by Crippen LogP contribution is -2.08. The molecule has 0 spiro atoms. The van der Waals surface area contributed by atoms with Gasteiger partial charge in [0.1, 0.15) is 0 Å². The van der Waals surface area contributed by atoms with Gasteiger partial charge in [-0.25, -0.2) is 4.68 Å². The van der Waals surface area contributed by atoms with Gasteiger partial charge in [0, 0.05) is 5.56 Å². The molecule has 0 aliphatic heterocycles. The Morgan fingerprint density at radius 1 is 1.20 bits per heavy atom. The molecule has 0 amide bonds. The lowest BCUT2D eigenvalue weighted by Gasteiger charge is -2.09. The van der Waals surface area contributed by atoms with Crippen molar-refractivity contribution in [3.8, 4) is 11.4 Å². The molecule has 3 aromatic rings. The van der Waals surface area contributed by atoms with Crippen LogP contribution in [0.4, 0.5) is 0 Å². The van der Waals surface area contributed by atoms with Crippen molar-refractivity contribution in [2.75, 3.05) is 0 Å². The molecule has 1 saturated carbocycles. The van der Waals surface area contributed by atoms with Crippen molar-refractivity contribution in [1.82, 2.24) is 30.3 Å². The quantitative estimate of drug-likeness (QED) is 0.623. The highest BCUT2D eigenvalue weighted by atomic mass is 32.2. The van der Waals surface area contributed by atoms with E-state index in [1.54, 1.807) is 0 Å². The van der Waals surface area contributed by atoms with Gasteiger partial charge in [0.2, 0.25) is 16.9 Å². The van der Waals surface area contributed by atoms with E-state index in [0.29, 0.717) is 23.5 Å². The van der Waals surface area contributed by atoms with E-state index < -0.39 is 0 Å². The summed E-state index contributed by atoms with van der Waals surface area (Å²) in [4.78, 5) is 4.49. The first-order valence-corrected chi connectivity index (χ1v) is 9.64. The van der Waals surface area contributed by atoms with Gasteiger partial charge in [0.25, 0.3) is 0 Å². The molecule has 0 radical (unpaired) electrons. The Balaban J connectivity index is 1.42. The van der Waals surface area contributed by atoms with Crippen LogP contribution >= 0.6 is 11.8 Å². The largest absolute Gasteiger partial charge is 0.338 e. The first-order chi connectivity index (χ1) is 12.3. The zero-order valence-corrected chi connectivity index (χ0v) is 14.9. The third-order valence-electron chi connectivity index (χ3n) is 4.55. The van der Waals surface area contributed by atoms with Gasteiger partial charge in [-0.3, -0.25) is 0 Å². The predicted molar refractivity (Wildman–Crippen MR) is 94.0 cm³/mol. The number of tetrazole rings is 1. The summed E-state index contributed by atoms with van der Waals surface area (Å²) in [6.45, 7) is 2.14. The molecule has 0 saturated heterocycles. The second kappa shape index (κ2) is 7.35. The SMILES string of the molecule is CCc1ccc(-c2noc(CSc3nnnn3C3CCCC3)n2)cc1. The van der Waals surface area contributed by atoms with Crippen LogP contribution in [0, 0.1) is 0 Å². The third kappa shape index (κ3) is 3.58. The second-order valence-corrected chi connectivity index (χ2v) is 7.14. The van der Waals surface area contributed by atoms with Crippen LogP contribution in [0.5, 0.6) is 0 Å². The van der Waals surface area contributed by atoms with Gasteiger partial charge in [-0.1, -0.05) is 60.9 Å². The molecule has 4 rings (SSSR count). The molecule has 2 heterocycles. The molecule has 1 aliphatic carbocycles. The molecular formula is C17H20N6OS. The van der Waals surface area contributed by atoms with E-state index in [2.05, 4.69) is 44.7 Å². The van der Waals surface area contributed by atoms with Crippen molar-refractivity contribution >= 4 is 11.8 Å². The summed E-state index contributed by atoms with van der Waals surface area (Å²) in [5, 5.41) is 17.0. The number of benzene rings is 1. The van der Waals surface area contributed by atoms with E-state index >= 15 is 0 Å². The van der Waals surface area contributed by atoms with Crippen molar-refractivity contribution in [2.45, 2.75) is 56.0 Å². The zero-order chi connectivity index (χ0) is 17.1. The number of hydrogen-bond acceptors (Lipinski definition) is 7. The highest BCUT2D eigenvalue weighted by Crippen LogP contribution is 2.32. The van der Waals surface area contributed by atoms with Gasteiger partial charge in [0.05, 0.1) is 11.8 Å². The number of rotatable bonds is 6. The summed E-state index contributed by atoms with van der Waals surface area (Å²) in [5.74, 6) is 1.77. The number of nitrogens with zero attached hydrogens (tertiary/aromatic N) is 6. The Kier molecular flexibility index (Phi) is 4.78. The number of aromatic nitrogens is 6. The van der Waals surface area contributed by atoms with Crippen LogP contribution in [0.1, 0.15) is 50.1 Å². The van der Waals surface area contributed by atoms with E-state index in [4.69, 9.17) is 4.52 Å². The highest BCUT2D eigenvalue weighted by Gasteiger charge is 2.22. The molecule has 0 unspecified atom stereocenters. The van der Waals surface area contributed by atoms with E-state index in [1.165, 1.54) is 30.2 Å². The van der Waals surface area contributed by atoms with Crippen molar-refractivity contribution in [3.05, 3.63) is 35.7 Å². The summed E-state index contributed by atoms with van der Waals surface area (Å²) >= 11 is 1.54. The maximum absolute atomic E-state index is 5.38. The van der Waals surface area contributed by atoms with Gasteiger partial charge < -0.3 is 4.52 Å². The van der Waals surface area contributed by atoms with E-state index in [0.717, 1.165) is 30.0 Å². The summed E-state index contributed by atoms with van der Waals surface area (Å²) in [6.07, 6.45) is 5.81. The first-order valence-electron chi connectivity index (χ1n) is 8.66. The van der Waals surface area contributed by atoms with E-state index in [-0.39, 0.29) is 0 Å². The van der Waals surface area contributed by atoms with Crippen molar-refractivity contribution in [3.63, 3.8) is 0 Å². The van der Waals surface area contributed by atoms with Gasteiger partial charge in [-0.2, -0.15) is 4.98 Å². The summed E-state index contributed by atoms with van der Waals surface area (Å²) in [6, 6.07) is 8.67. The Morgan fingerprint density at radius 2 is 2.00 bits per heavy atom. The molecule has 1 aromatic carbocycles. The summed E-state index contributed by atoms with van der Waals surface area (Å²) in [5.41, 5.74) is 2.26. The Labute approximate surface area is 150 Å². The fourth-order valence-electron chi connectivity index (χ4n) is 3.11. The maximum atomic E-state index is 5.38. The summed E-state index contributed by atoms with van der Waals surface area (Å²) in [7, 11) is 0. The topological polar surface area (TPSA) is 82.5 Å². The molecule has 1 aliphatic rings. The van der Waals surface area contributed by atoms with Crippen molar-refractivity contribution in [1.29, 1.82) is 0 Å². The highest BCUT2D eigenvalue weighted by molar-refractivity contribution is 7.98. The average molecular weight is 356 g/mol.